The fraction of sp³-hybridized carbons (Fsp3) is 0.357. The third-order valence-electron chi connectivity index (χ3n) is 3.18. The molecular weight excluding hydrogens is 272 g/mol. The van der Waals surface area contributed by atoms with Gasteiger partial charge in [0.15, 0.2) is 5.16 Å². The lowest BCUT2D eigenvalue weighted by Crippen LogP contribution is -2.18. The highest BCUT2D eigenvalue weighted by Crippen LogP contribution is 2.25. The van der Waals surface area contributed by atoms with Crippen molar-refractivity contribution in [3.8, 4) is 0 Å². The molecule has 5 nitrogen and oxygen atoms in total. The Bertz CT molecular complexity index is 645. The van der Waals surface area contributed by atoms with Crippen molar-refractivity contribution in [1.82, 2.24) is 14.8 Å². The summed E-state index contributed by atoms with van der Waals surface area (Å²) in [5.74, 6) is 1.46. The summed E-state index contributed by atoms with van der Waals surface area (Å²) in [4.78, 5) is 12.3. The second-order valence-electron chi connectivity index (χ2n) is 4.99. The number of hydrogen-bond acceptors (Lipinski definition) is 4. The van der Waals surface area contributed by atoms with Crippen LogP contribution in [0.1, 0.15) is 27.9 Å². The third-order valence-corrected chi connectivity index (χ3v) is 4.24. The van der Waals surface area contributed by atoms with Crippen LogP contribution in [0.4, 0.5) is 5.95 Å². The van der Waals surface area contributed by atoms with Crippen LogP contribution in [0, 0.1) is 13.8 Å². The number of rotatable bonds is 2. The minimum atomic E-state index is -0.137. The van der Waals surface area contributed by atoms with E-state index in [1.54, 1.807) is 11.8 Å². The molecule has 1 aliphatic heterocycles. The van der Waals surface area contributed by atoms with Crippen molar-refractivity contribution in [1.29, 1.82) is 0 Å². The molecule has 1 aromatic heterocycles. The number of hydrogen-bond donors (Lipinski definition) is 1. The quantitative estimate of drug-likeness (QED) is 0.923. The second kappa shape index (κ2) is 5.28. The zero-order chi connectivity index (χ0) is 14.1. The summed E-state index contributed by atoms with van der Waals surface area (Å²) in [5, 5.41) is 11.9. The Morgan fingerprint density at radius 2 is 2.00 bits per heavy atom. The maximum Gasteiger partial charge on any atom is 0.258 e. The van der Waals surface area contributed by atoms with Gasteiger partial charge in [-0.15, -0.1) is 10.2 Å². The summed E-state index contributed by atoms with van der Waals surface area (Å²) in [7, 11) is 0. The molecule has 2 aromatic rings. The Hall–Kier alpha value is -1.82. The number of carbonyl (C=O) groups is 1. The molecule has 0 saturated heterocycles. The number of aryl methyl sites for hydroxylation is 2. The van der Waals surface area contributed by atoms with E-state index in [9.17, 15) is 4.79 Å². The first-order chi connectivity index (χ1) is 9.63. The number of carbonyl (C=O) groups excluding carboxylic acids is 1. The SMILES string of the molecule is Cc1cc(C)cc(C(=O)Nc2nnc3n2CCCS3)c1. The summed E-state index contributed by atoms with van der Waals surface area (Å²) < 4.78 is 1.97. The molecule has 1 N–H and O–H groups in total. The van der Waals surface area contributed by atoms with Crippen LogP contribution in [0.15, 0.2) is 23.4 Å². The molecule has 1 aromatic carbocycles. The molecule has 20 heavy (non-hydrogen) atoms. The summed E-state index contributed by atoms with van der Waals surface area (Å²) in [6.45, 7) is 4.83. The van der Waals surface area contributed by atoms with Crippen molar-refractivity contribution in [2.24, 2.45) is 0 Å². The van der Waals surface area contributed by atoms with Crippen LogP contribution in [-0.4, -0.2) is 26.4 Å². The van der Waals surface area contributed by atoms with Gasteiger partial charge in [-0.3, -0.25) is 14.7 Å². The molecule has 1 amide bonds. The third kappa shape index (κ3) is 2.56. The smallest absolute Gasteiger partial charge is 0.258 e. The second-order valence-corrected chi connectivity index (χ2v) is 6.05. The van der Waals surface area contributed by atoms with E-state index in [-0.39, 0.29) is 5.91 Å². The molecule has 104 valence electrons. The first-order valence-electron chi connectivity index (χ1n) is 6.59. The van der Waals surface area contributed by atoms with Gasteiger partial charge in [0.1, 0.15) is 0 Å². The van der Waals surface area contributed by atoms with Gasteiger partial charge >= 0.3 is 0 Å². The normalized spacial score (nSPS) is 13.9. The minimum absolute atomic E-state index is 0.137. The van der Waals surface area contributed by atoms with Crippen LogP contribution >= 0.6 is 11.8 Å². The lowest BCUT2D eigenvalue weighted by molar-refractivity contribution is 0.102. The summed E-state index contributed by atoms with van der Waals surface area (Å²) in [6.07, 6.45) is 1.07. The van der Waals surface area contributed by atoms with Crippen molar-refractivity contribution < 1.29 is 4.79 Å². The molecule has 2 heterocycles. The Labute approximate surface area is 121 Å². The van der Waals surface area contributed by atoms with Gasteiger partial charge in [0.05, 0.1) is 0 Å². The molecule has 0 radical (unpaired) electrons. The predicted octanol–water partition coefficient (Wildman–Crippen LogP) is 2.64. The Morgan fingerprint density at radius 3 is 2.75 bits per heavy atom. The van der Waals surface area contributed by atoms with E-state index in [0.29, 0.717) is 11.5 Å². The average Bonchev–Trinajstić information content (AvgIpc) is 2.81. The van der Waals surface area contributed by atoms with Gasteiger partial charge in [0, 0.05) is 17.9 Å². The lowest BCUT2D eigenvalue weighted by Gasteiger charge is -2.14. The average molecular weight is 288 g/mol. The fourth-order valence-electron chi connectivity index (χ4n) is 2.36. The van der Waals surface area contributed by atoms with Crippen LogP contribution < -0.4 is 5.32 Å². The minimum Gasteiger partial charge on any atom is -0.290 e. The van der Waals surface area contributed by atoms with E-state index in [4.69, 9.17) is 0 Å². The van der Waals surface area contributed by atoms with Crippen molar-refractivity contribution in [2.45, 2.75) is 32.0 Å². The van der Waals surface area contributed by atoms with E-state index in [0.717, 1.165) is 35.0 Å². The van der Waals surface area contributed by atoms with Gasteiger partial charge in [-0.25, -0.2) is 0 Å². The number of benzene rings is 1. The number of anilines is 1. The number of fused-ring (bicyclic) bond motifs is 1. The molecule has 0 unspecified atom stereocenters. The van der Waals surface area contributed by atoms with E-state index in [1.165, 1.54) is 0 Å². The van der Waals surface area contributed by atoms with E-state index in [1.807, 2.05) is 36.6 Å². The molecule has 0 fully saturated rings. The van der Waals surface area contributed by atoms with E-state index >= 15 is 0 Å². The molecule has 0 saturated carbocycles. The first kappa shape index (κ1) is 13.2. The van der Waals surface area contributed by atoms with Gasteiger partial charge in [0.25, 0.3) is 5.91 Å². The van der Waals surface area contributed by atoms with Crippen molar-refractivity contribution in [3.05, 3.63) is 34.9 Å². The Kier molecular flexibility index (Phi) is 3.48. The summed E-state index contributed by atoms with van der Waals surface area (Å²) in [6, 6.07) is 5.81. The number of aromatic nitrogens is 3. The number of amides is 1. The van der Waals surface area contributed by atoms with Gasteiger partial charge in [-0.2, -0.15) is 0 Å². The van der Waals surface area contributed by atoms with Gasteiger partial charge < -0.3 is 0 Å². The molecule has 0 aliphatic carbocycles. The molecular formula is C14H16N4OS. The fourth-order valence-corrected chi connectivity index (χ4v) is 3.24. The summed E-state index contributed by atoms with van der Waals surface area (Å²) >= 11 is 1.68. The highest BCUT2D eigenvalue weighted by molar-refractivity contribution is 7.99. The van der Waals surface area contributed by atoms with Crippen LogP contribution in [0.3, 0.4) is 0 Å². The van der Waals surface area contributed by atoms with Crippen molar-refractivity contribution in [2.75, 3.05) is 11.1 Å². The van der Waals surface area contributed by atoms with Crippen LogP contribution in [0.5, 0.6) is 0 Å². The zero-order valence-corrected chi connectivity index (χ0v) is 12.3. The lowest BCUT2D eigenvalue weighted by atomic mass is 10.1. The topological polar surface area (TPSA) is 59.8 Å². The van der Waals surface area contributed by atoms with Crippen LogP contribution in [0.25, 0.3) is 0 Å². The van der Waals surface area contributed by atoms with Gasteiger partial charge in [0.2, 0.25) is 5.95 Å². The van der Waals surface area contributed by atoms with Crippen LogP contribution in [0.2, 0.25) is 0 Å². The first-order valence-corrected chi connectivity index (χ1v) is 7.58. The molecule has 0 bridgehead atoms. The largest absolute Gasteiger partial charge is 0.290 e. The standard InChI is InChI=1S/C14H16N4OS/c1-9-6-10(2)8-11(7-9)12(19)15-13-16-17-14-18(13)4-3-5-20-14/h6-8H,3-5H2,1-2H3,(H,15,16,19). The van der Waals surface area contributed by atoms with E-state index < -0.39 is 0 Å². The maximum atomic E-state index is 12.3. The molecule has 0 atom stereocenters. The number of thioether (sulfide) groups is 1. The zero-order valence-electron chi connectivity index (χ0n) is 11.5. The molecule has 3 rings (SSSR count). The van der Waals surface area contributed by atoms with Gasteiger partial charge in [-0.05, 0) is 32.4 Å². The van der Waals surface area contributed by atoms with E-state index in [2.05, 4.69) is 15.5 Å². The molecule has 6 heteroatoms. The summed E-state index contributed by atoms with van der Waals surface area (Å²) in [5.41, 5.74) is 2.81. The monoisotopic (exact) mass is 288 g/mol. The van der Waals surface area contributed by atoms with Crippen LogP contribution in [-0.2, 0) is 6.54 Å². The van der Waals surface area contributed by atoms with Gasteiger partial charge in [-0.1, -0.05) is 29.0 Å². The Morgan fingerprint density at radius 1 is 1.25 bits per heavy atom. The number of nitrogens with zero attached hydrogens (tertiary/aromatic N) is 3. The molecule has 0 spiro atoms. The molecule has 1 aliphatic rings. The van der Waals surface area contributed by atoms with Crippen molar-refractivity contribution >= 4 is 23.6 Å². The van der Waals surface area contributed by atoms with Crippen molar-refractivity contribution in [3.63, 3.8) is 0 Å². The maximum absolute atomic E-state index is 12.3. The predicted molar refractivity (Wildman–Crippen MR) is 79.2 cm³/mol. The highest BCUT2D eigenvalue weighted by atomic mass is 32.2. The highest BCUT2D eigenvalue weighted by Gasteiger charge is 2.18. The Balaban J connectivity index is 1.84. The number of nitrogens with one attached hydrogen (secondary N) is 1.